The van der Waals surface area contributed by atoms with E-state index in [1.807, 2.05) is 161 Å². The van der Waals surface area contributed by atoms with Gasteiger partial charge < -0.3 is 65.5 Å². The van der Waals surface area contributed by atoms with Crippen molar-refractivity contribution in [3.8, 4) is 57.1 Å². The van der Waals surface area contributed by atoms with Gasteiger partial charge in [0.2, 0.25) is 0 Å². The van der Waals surface area contributed by atoms with Gasteiger partial charge in [-0.2, -0.15) is 0 Å². The average molecular weight is 1390 g/mol. The van der Waals surface area contributed by atoms with E-state index in [2.05, 4.69) is 9.80 Å². The maximum Gasteiger partial charge on any atom is 2.00 e. The molecule has 13 rings (SSSR count). The molecule has 0 saturated heterocycles. The van der Waals surface area contributed by atoms with Crippen LogP contribution in [-0.4, -0.2) is 114 Å². The van der Waals surface area contributed by atoms with Crippen molar-refractivity contribution >= 4 is 96.5 Å². The van der Waals surface area contributed by atoms with E-state index in [-0.39, 0.29) is 119 Å². The number of ether oxygens (including phenoxy) is 1. The first-order chi connectivity index (χ1) is 41.5. The Labute approximate surface area is 610 Å². The van der Waals surface area contributed by atoms with Crippen LogP contribution in [0.5, 0.6) is 11.5 Å². The van der Waals surface area contributed by atoms with Crippen molar-refractivity contribution < 1.29 is 162 Å². The molecule has 0 N–H and O–H groups in total. The SMILES string of the molecule is CCN(CC)c1ccc2c(c1)Oc1cc(N(CC)CC)ccc1C2c1ccc(S(=O)(=O)[O-])cc1S(=O)(=O)[O-].CS(=O)(=O)[O-].O=S(=O)=O.[CH3-].[Cu+2].[Na+].[Na+].[Na+].c1ccc2c(c1)-c1nc-2nc2[n-]c(nc3nc(nc4[n-]c(n1)c1ccccc41)-c1ccccc1-3)c1ccccc21. The molecule has 10 aromatic rings. The van der Waals surface area contributed by atoms with E-state index in [0.717, 1.165) is 87.4 Å². The molecule has 1 radical (unpaired) electrons. The summed E-state index contributed by atoms with van der Waals surface area (Å²) in [4.78, 5) is 42.0. The van der Waals surface area contributed by atoms with Crippen LogP contribution in [0.3, 0.4) is 0 Å². The van der Waals surface area contributed by atoms with Gasteiger partial charge in [0.15, 0.2) is 0 Å². The molecular weight excluding hydrogens is 1340 g/mol. The second kappa shape index (κ2) is 32.1. The first-order valence-corrected chi connectivity index (χ1v) is 32.4. The van der Waals surface area contributed by atoms with E-state index in [1.54, 1.807) is 0 Å². The summed E-state index contributed by atoms with van der Waals surface area (Å²) in [5.74, 6) is 2.45. The molecule has 0 saturated carbocycles. The van der Waals surface area contributed by atoms with Crippen molar-refractivity contribution in [3.05, 3.63) is 176 Å². The molecule has 3 aromatic heterocycles. The number of hydrogen-bond acceptors (Lipinski definition) is 21. The topological polar surface area (TPSA) is 344 Å². The summed E-state index contributed by atoms with van der Waals surface area (Å²) in [5.41, 5.74) is 8.92. The first kappa shape index (κ1) is 76.9. The largest absolute Gasteiger partial charge is 2.00 e. The Morgan fingerprint density at radius 2 is 0.750 bits per heavy atom. The maximum absolute atomic E-state index is 12.3. The third-order valence-electron chi connectivity index (χ3n) is 14.3. The molecule has 0 spiro atoms. The molecule has 3 aliphatic heterocycles. The van der Waals surface area contributed by atoms with Crippen LogP contribution < -0.4 is 113 Å². The van der Waals surface area contributed by atoms with Gasteiger partial charge in [-0.05, 0) is 79.1 Å². The molecule has 0 amide bonds. The minimum Gasteiger partial charge on any atom is -0.748 e. The molecule has 23 nitrogen and oxygen atoms in total. The Morgan fingerprint density at radius 1 is 0.457 bits per heavy atom. The zero-order chi connectivity index (χ0) is 62.1. The van der Waals surface area contributed by atoms with E-state index in [1.165, 1.54) is 6.07 Å². The van der Waals surface area contributed by atoms with Crippen molar-refractivity contribution in [2.45, 2.75) is 43.4 Å². The molecule has 0 aliphatic carbocycles. The quantitative estimate of drug-likeness (QED) is 0.106. The number of hydrogen-bond donors (Lipinski definition) is 0. The summed E-state index contributed by atoms with van der Waals surface area (Å²) in [6.07, 6.45) is 0.604. The third-order valence-corrected chi connectivity index (χ3v) is 16.0. The van der Waals surface area contributed by atoms with Crippen molar-refractivity contribution in [3.63, 3.8) is 0 Å². The molecule has 8 bridgehead atoms. The van der Waals surface area contributed by atoms with E-state index in [9.17, 15) is 25.9 Å². The van der Waals surface area contributed by atoms with Crippen LogP contribution >= 0.6 is 0 Å². The monoisotopic (exact) mass is 1390 g/mol. The van der Waals surface area contributed by atoms with E-state index < -0.39 is 56.7 Å². The van der Waals surface area contributed by atoms with Crippen LogP contribution in [0.2, 0.25) is 0 Å². The number of fused-ring (bicyclic) bond motifs is 22. The Kier molecular flexibility index (Phi) is 26.8. The molecule has 7 aromatic carbocycles. The van der Waals surface area contributed by atoms with Gasteiger partial charge in [0.25, 0.3) is 0 Å². The van der Waals surface area contributed by atoms with Gasteiger partial charge in [-0.15, -0.1) is 12.6 Å². The van der Waals surface area contributed by atoms with Gasteiger partial charge in [0.05, 0.1) is 43.2 Å². The van der Waals surface area contributed by atoms with Crippen LogP contribution in [0.1, 0.15) is 50.3 Å². The fourth-order valence-corrected chi connectivity index (χ4v) is 11.8. The molecule has 463 valence electrons. The van der Waals surface area contributed by atoms with Crippen molar-refractivity contribution in [2.24, 2.45) is 0 Å². The molecule has 6 heterocycles. The number of benzene rings is 7. The van der Waals surface area contributed by atoms with Gasteiger partial charge in [-0.3, -0.25) is 0 Å². The average Bonchev–Trinajstić information content (AvgIpc) is 0.968. The molecule has 0 unspecified atom stereocenters. The summed E-state index contributed by atoms with van der Waals surface area (Å²) in [6, 6.07) is 46.0. The fraction of sp³-hybridized carbons (Fsp3) is 0.164. The maximum atomic E-state index is 12.3. The zero-order valence-electron chi connectivity index (χ0n) is 51.1. The van der Waals surface area contributed by atoms with Gasteiger partial charge in [-0.1, -0.05) is 115 Å². The first-order valence-electron chi connectivity index (χ1n) is 26.7. The van der Waals surface area contributed by atoms with Gasteiger partial charge >= 0.3 is 116 Å². The van der Waals surface area contributed by atoms with Gasteiger partial charge in [-0.25, -0.2) is 35.2 Å². The van der Waals surface area contributed by atoms with Crippen molar-refractivity contribution in [1.29, 1.82) is 0 Å². The number of nitrogens with zero attached hydrogens (tertiary/aromatic N) is 10. The van der Waals surface area contributed by atoms with E-state index >= 15 is 0 Å². The van der Waals surface area contributed by atoms with Crippen LogP contribution in [0.15, 0.2) is 161 Å². The molecular formula is C61H52CuN10Na3O13S4-. The Hall–Kier alpha value is -5.83. The Bertz CT molecular complexity index is 4650. The van der Waals surface area contributed by atoms with Gasteiger partial charge in [0, 0.05) is 118 Å². The molecule has 0 fully saturated rings. The number of anilines is 2. The Balaban J connectivity index is 0.000000282. The van der Waals surface area contributed by atoms with Crippen LogP contribution in [0, 0.1) is 7.43 Å². The summed E-state index contributed by atoms with van der Waals surface area (Å²) >= 11 is 0. The van der Waals surface area contributed by atoms with E-state index in [0.29, 0.717) is 80.8 Å². The fourth-order valence-electron chi connectivity index (χ4n) is 10.5. The number of rotatable bonds is 9. The van der Waals surface area contributed by atoms with Crippen molar-refractivity contribution in [2.75, 3.05) is 42.2 Å². The molecule has 3 aliphatic rings. The third kappa shape index (κ3) is 17.0. The number of aromatic nitrogens is 8. The van der Waals surface area contributed by atoms with Gasteiger partial charge in [0.1, 0.15) is 31.7 Å². The standard InChI is InChI=1S/C32H16N8.C27H32N2O7S2.CH4O3S.CH3.Cu.3Na.O3S/c1-2-10-18-17(9-1)25-33-26(18)38-28-21-13-5-6-14-22(21)30(35-28)40-32-24-16-8-7-15-23(24)31(36-32)39-29-20-12-4-3-11-19(20)27(34-29)37-25;1-5-28(6-2)18-9-12-21-24(15-18)36-25-16-19(29(7-3)8-4)10-13-22(25)27(21)23-14-11-20(37(30,31)32)17-26(23)38(33,34)35;1-5(2,3)4;;;;;;1-4(2)3/h1-16H;9-17,27H,5-8H2,1-4H3,(H,30,31,32)(H,33,34,35);1H3,(H,2,3,4);1H3;;;;;/q-2;;;-1;+2;3*+1;/p-3. The minimum absolute atomic E-state index is 0. The minimum atomic E-state index is -5.14. The summed E-state index contributed by atoms with van der Waals surface area (Å²) in [6.45, 7) is 11.2. The predicted molar refractivity (Wildman–Crippen MR) is 329 cm³/mol. The summed E-state index contributed by atoms with van der Waals surface area (Å²) in [7, 11) is -17.2. The molecule has 0 atom stereocenters. The summed E-state index contributed by atoms with van der Waals surface area (Å²) in [5, 5.41) is 3.57. The second-order valence-electron chi connectivity index (χ2n) is 19.5. The second-order valence-corrected chi connectivity index (χ2v) is 24.0. The van der Waals surface area contributed by atoms with Crippen LogP contribution in [-0.2, 0) is 58.0 Å². The van der Waals surface area contributed by atoms with Crippen LogP contribution in [0.4, 0.5) is 11.4 Å². The van der Waals surface area contributed by atoms with Crippen LogP contribution in [0.25, 0.3) is 89.7 Å². The molecule has 31 heteroatoms. The zero-order valence-corrected chi connectivity index (χ0v) is 61.3. The molecule has 92 heavy (non-hydrogen) atoms. The summed E-state index contributed by atoms with van der Waals surface area (Å²) < 4.78 is 131. The smallest absolute Gasteiger partial charge is 0.748 e. The Morgan fingerprint density at radius 3 is 1.03 bits per heavy atom. The predicted octanol–water partition coefficient (Wildman–Crippen LogP) is 0.218. The normalized spacial score (nSPS) is 11.7. The van der Waals surface area contributed by atoms with Crippen molar-refractivity contribution in [1.82, 2.24) is 39.9 Å². The van der Waals surface area contributed by atoms with E-state index in [4.69, 9.17) is 70.2 Å².